The number of allylic oxidation sites excluding steroid dienone is 1. The minimum absolute atomic E-state index is 0.0350. The van der Waals surface area contributed by atoms with Gasteiger partial charge >= 0.3 is 0 Å². The van der Waals surface area contributed by atoms with Crippen molar-refractivity contribution in [3.63, 3.8) is 0 Å². The molecule has 0 aromatic carbocycles. The van der Waals surface area contributed by atoms with Gasteiger partial charge in [0.05, 0.1) is 18.1 Å². The molecule has 1 N–H and O–H groups in total. The number of carbonyl (C=O) groups is 2. The molecule has 1 aliphatic heterocycles. The van der Waals surface area contributed by atoms with Crippen molar-refractivity contribution >= 4 is 21.7 Å². The van der Waals surface area contributed by atoms with Crippen LogP contribution in [0.2, 0.25) is 0 Å². The number of hydrogen-bond acceptors (Lipinski definition) is 4. The first-order valence-electron chi connectivity index (χ1n) is 8.29. The van der Waals surface area contributed by atoms with Gasteiger partial charge in [-0.15, -0.1) is 0 Å². The Bertz CT molecular complexity index is 583. The number of nitrogens with zero attached hydrogens (tertiary/aromatic N) is 1. The minimum Gasteiger partial charge on any atom is -0.354 e. The maximum atomic E-state index is 12.0. The van der Waals surface area contributed by atoms with Crippen molar-refractivity contribution in [1.82, 2.24) is 10.2 Å². The maximum Gasteiger partial charge on any atom is 0.239 e. The molecular weight excluding hydrogens is 316 g/mol. The highest BCUT2D eigenvalue weighted by molar-refractivity contribution is 7.91. The van der Waals surface area contributed by atoms with Crippen LogP contribution < -0.4 is 5.32 Å². The highest BCUT2D eigenvalue weighted by atomic mass is 32.2. The van der Waals surface area contributed by atoms with Crippen molar-refractivity contribution in [3.8, 4) is 0 Å². The van der Waals surface area contributed by atoms with E-state index in [0.29, 0.717) is 13.0 Å². The maximum absolute atomic E-state index is 12.0. The smallest absolute Gasteiger partial charge is 0.239 e. The van der Waals surface area contributed by atoms with E-state index in [0.717, 1.165) is 19.3 Å². The lowest BCUT2D eigenvalue weighted by atomic mass is 9.97. The average Bonchev–Trinajstić information content (AvgIpc) is 2.85. The van der Waals surface area contributed by atoms with Crippen LogP contribution in [0.4, 0.5) is 0 Å². The molecule has 1 heterocycles. The van der Waals surface area contributed by atoms with E-state index in [9.17, 15) is 18.0 Å². The molecule has 0 radical (unpaired) electrons. The number of carbonyl (C=O) groups excluding carboxylic acids is 2. The standard InChI is InChI=1S/C16H26N2O4S/c1-13(19)18(15-8-10-23(21,22)12-15)11-16(20)17-9-7-14-5-3-2-4-6-14/h5,15H,2-4,6-12H2,1H3,(H,17,20). The molecule has 1 saturated heterocycles. The molecular formula is C16H26N2O4S. The molecule has 6 nitrogen and oxygen atoms in total. The fraction of sp³-hybridized carbons (Fsp3) is 0.750. The van der Waals surface area contributed by atoms with Gasteiger partial charge in [-0.05, 0) is 38.5 Å². The lowest BCUT2D eigenvalue weighted by Gasteiger charge is -2.26. The molecule has 2 rings (SSSR count). The summed E-state index contributed by atoms with van der Waals surface area (Å²) in [6, 6.07) is -0.371. The van der Waals surface area contributed by atoms with Crippen LogP contribution in [0.1, 0.15) is 45.4 Å². The van der Waals surface area contributed by atoms with Gasteiger partial charge < -0.3 is 10.2 Å². The summed E-state index contributed by atoms with van der Waals surface area (Å²) in [5.41, 5.74) is 1.39. The Morgan fingerprint density at radius 2 is 2.13 bits per heavy atom. The summed E-state index contributed by atoms with van der Waals surface area (Å²) in [4.78, 5) is 25.2. The van der Waals surface area contributed by atoms with Gasteiger partial charge in [-0.1, -0.05) is 11.6 Å². The Labute approximate surface area is 138 Å². The molecule has 0 aromatic heterocycles. The SMILES string of the molecule is CC(=O)N(CC(=O)NCCC1=CCCCC1)C1CCS(=O)(=O)C1. The summed E-state index contributed by atoms with van der Waals surface area (Å²) in [5.74, 6) is -0.414. The van der Waals surface area contributed by atoms with Crippen molar-refractivity contribution in [2.75, 3.05) is 24.6 Å². The molecule has 23 heavy (non-hydrogen) atoms. The summed E-state index contributed by atoms with van der Waals surface area (Å²) in [6.45, 7) is 1.89. The third-order valence-electron chi connectivity index (χ3n) is 4.52. The normalized spacial score (nSPS) is 23.2. The van der Waals surface area contributed by atoms with Crippen molar-refractivity contribution in [2.24, 2.45) is 0 Å². The summed E-state index contributed by atoms with van der Waals surface area (Å²) in [5, 5.41) is 2.84. The van der Waals surface area contributed by atoms with E-state index >= 15 is 0 Å². The van der Waals surface area contributed by atoms with E-state index in [1.54, 1.807) is 0 Å². The number of sulfone groups is 1. The molecule has 1 aliphatic carbocycles. The van der Waals surface area contributed by atoms with Gasteiger partial charge in [0, 0.05) is 19.5 Å². The second kappa shape index (κ2) is 7.95. The average molecular weight is 342 g/mol. The molecule has 1 unspecified atom stereocenters. The summed E-state index contributed by atoms with van der Waals surface area (Å²) < 4.78 is 23.1. The van der Waals surface area contributed by atoms with E-state index in [-0.39, 0.29) is 35.9 Å². The van der Waals surface area contributed by atoms with E-state index in [1.807, 2.05) is 0 Å². The van der Waals surface area contributed by atoms with Gasteiger partial charge in [0.2, 0.25) is 11.8 Å². The summed E-state index contributed by atoms with van der Waals surface area (Å²) in [6.07, 6.45) is 8.21. The van der Waals surface area contributed by atoms with Gasteiger partial charge in [0.1, 0.15) is 0 Å². The van der Waals surface area contributed by atoms with E-state index < -0.39 is 9.84 Å². The molecule has 0 bridgehead atoms. The molecule has 2 amide bonds. The van der Waals surface area contributed by atoms with Gasteiger partial charge in [0.15, 0.2) is 9.84 Å². The molecule has 1 fully saturated rings. The van der Waals surface area contributed by atoms with E-state index in [2.05, 4.69) is 11.4 Å². The zero-order valence-electron chi connectivity index (χ0n) is 13.7. The largest absolute Gasteiger partial charge is 0.354 e. The van der Waals surface area contributed by atoms with Gasteiger partial charge in [-0.3, -0.25) is 9.59 Å². The molecule has 2 aliphatic rings. The number of amides is 2. The predicted octanol–water partition coefficient (Wildman–Crippen LogP) is 1.03. The van der Waals surface area contributed by atoms with Crippen molar-refractivity contribution in [1.29, 1.82) is 0 Å². The quantitative estimate of drug-likeness (QED) is 0.731. The number of rotatable bonds is 6. The Morgan fingerprint density at radius 1 is 1.35 bits per heavy atom. The molecule has 0 aromatic rings. The number of hydrogen-bond donors (Lipinski definition) is 1. The van der Waals surface area contributed by atoms with Crippen molar-refractivity contribution in [2.45, 2.75) is 51.5 Å². The Balaban J connectivity index is 1.79. The summed E-state index contributed by atoms with van der Waals surface area (Å²) in [7, 11) is -3.07. The highest BCUT2D eigenvalue weighted by Gasteiger charge is 2.34. The molecule has 0 spiro atoms. The van der Waals surface area contributed by atoms with Gasteiger partial charge in [0.25, 0.3) is 0 Å². The van der Waals surface area contributed by atoms with Crippen LogP contribution in [0, 0.1) is 0 Å². The van der Waals surface area contributed by atoms with Crippen LogP contribution in [0.25, 0.3) is 0 Å². The van der Waals surface area contributed by atoms with Gasteiger partial charge in [-0.2, -0.15) is 0 Å². The molecule has 1 atom stereocenters. The predicted molar refractivity (Wildman–Crippen MR) is 88.6 cm³/mol. The van der Waals surface area contributed by atoms with Crippen LogP contribution >= 0.6 is 0 Å². The van der Waals surface area contributed by atoms with Crippen LogP contribution in [-0.2, 0) is 19.4 Å². The Morgan fingerprint density at radius 3 is 2.70 bits per heavy atom. The Kier molecular flexibility index (Phi) is 6.21. The third-order valence-corrected chi connectivity index (χ3v) is 6.27. The first kappa shape index (κ1) is 18.0. The first-order chi connectivity index (χ1) is 10.9. The fourth-order valence-corrected chi connectivity index (χ4v) is 4.95. The minimum atomic E-state index is -3.07. The van der Waals surface area contributed by atoms with Crippen LogP contribution in [0.5, 0.6) is 0 Å². The van der Waals surface area contributed by atoms with Crippen LogP contribution in [0.3, 0.4) is 0 Å². The Hall–Kier alpha value is -1.37. The lowest BCUT2D eigenvalue weighted by molar-refractivity contribution is -0.136. The van der Waals surface area contributed by atoms with E-state index in [4.69, 9.17) is 0 Å². The lowest BCUT2D eigenvalue weighted by Crippen LogP contribution is -2.46. The van der Waals surface area contributed by atoms with Crippen LogP contribution in [-0.4, -0.2) is 55.8 Å². The number of nitrogens with one attached hydrogen (secondary N) is 1. The first-order valence-corrected chi connectivity index (χ1v) is 10.1. The molecule has 130 valence electrons. The zero-order chi connectivity index (χ0) is 16.9. The molecule has 0 saturated carbocycles. The van der Waals surface area contributed by atoms with Gasteiger partial charge in [-0.25, -0.2) is 8.42 Å². The monoisotopic (exact) mass is 342 g/mol. The summed E-state index contributed by atoms with van der Waals surface area (Å²) >= 11 is 0. The topological polar surface area (TPSA) is 83.6 Å². The highest BCUT2D eigenvalue weighted by Crippen LogP contribution is 2.20. The third kappa shape index (κ3) is 5.64. The second-order valence-corrected chi connectivity index (χ2v) is 8.64. The van der Waals surface area contributed by atoms with Crippen LogP contribution in [0.15, 0.2) is 11.6 Å². The molecule has 7 heteroatoms. The van der Waals surface area contributed by atoms with E-state index in [1.165, 1.54) is 30.2 Å². The van der Waals surface area contributed by atoms with Crippen molar-refractivity contribution < 1.29 is 18.0 Å². The van der Waals surface area contributed by atoms with Crippen molar-refractivity contribution in [3.05, 3.63) is 11.6 Å². The second-order valence-electron chi connectivity index (χ2n) is 6.41. The zero-order valence-corrected chi connectivity index (χ0v) is 14.5. The fourth-order valence-electron chi connectivity index (χ4n) is 3.22.